The maximum Gasteiger partial charge on any atom is 0.223 e. The Morgan fingerprint density at radius 3 is 2.67 bits per heavy atom. The summed E-state index contributed by atoms with van der Waals surface area (Å²) in [5.74, 6) is 0.142. The number of rotatable bonds is 5. The molecule has 0 unspecified atom stereocenters. The Hall–Kier alpha value is -2.33. The highest BCUT2D eigenvalue weighted by Crippen LogP contribution is 2.34. The molecule has 1 fully saturated rings. The Morgan fingerprint density at radius 1 is 1.15 bits per heavy atom. The molecule has 2 heterocycles. The van der Waals surface area contributed by atoms with Crippen LogP contribution in [0.2, 0.25) is 0 Å². The van der Waals surface area contributed by atoms with Crippen LogP contribution in [0.5, 0.6) is 0 Å². The molecule has 0 radical (unpaired) electrons. The van der Waals surface area contributed by atoms with E-state index < -0.39 is 0 Å². The zero-order chi connectivity index (χ0) is 18.6. The van der Waals surface area contributed by atoms with Crippen molar-refractivity contribution in [2.75, 3.05) is 36.0 Å². The van der Waals surface area contributed by atoms with Gasteiger partial charge in [0.1, 0.15) is 0 Å². The van der Waals surface area contributed by atoms with Gasteiger partial charge in [-0.25, -0.2) is 0 Å². The molecule has 0 saturated carbocycles. The first-order valence-electron chi connectivity index (χ1n) is 10.1. The fourth-order valence-corrected chi connectivity index (χ4v) is 4.41. The Bertz CT molecular complexity index is 783. The molecule has 0 bridgehead atoms. The quantitative estimate of drug-likeness (QED) is 0.884. The number of fused-ring (bicyclic) bond motifs is 1. The summed E-state index contributed by atoms with van der Waals surface area (Å²) in [6, 6.07) is 18.0. The summed E-state index contributed by atoms with van der Waals surface area (Å²) < 4.78 is 0. The molecular formula is C23H29N3O. The first-order chi connectivity index (χ1) is 13.2. The number of anilines is 2. The van der Waals surface area contributed by atoms with Crippen molar-refractivity contribution in [2.24, 2.45) is 0 Å². The van der Waals surface area contributed by atoms with Gasteiger partial charge >= 0.3 is 0 Å². The summed E-state index contributed by atoms with van der Waals surface area (Å²) in [4.78, 5) is 16.5. The fraction of sp³-hybridized carbons (Fsp3) is 0.435. The summed E-state index contributed by atoms with van der Waals surface area (Å²) in [5.41, 5.74) is 5.04. The topological polar surface area (TPSA) is 35.6 Å². The Morgan fingerprint density at radius 2 is 1.93 bits per heavy atom. The molecule has 0 spiro atoms. The van der Waals surface area contributed by atoms with Crippen LogP contribution in [0.3, 0.4) is 0 Å². The van der Waals surface area contributed by atoms with E-state index in [1.54, 1.807) is 6.92 Å². The molecule has 4 heteroatoms. The minimum absolute atomic E-state index is 0.142. The average molecular weight is 364 g/mol. The largest absolute Gasteiger partial charge is 0.368 e. The van der Waals surface area contributed by atoms with Crippen molar-refractivity contribution >= 4 is 17.3 Å². The predicted molar refractivity (Wildman–Crippen MR) is 112 cm³/mol. The highest BCUT2D eigenvalue weighted by Gasteiger charge is 2.26. The number of carbonyl (C=O) groups is 1. The van der Waals surface area contributed by atoms with Crippen LogP contribution >= 0.6 is 0 Å². The highest BCUT2D eigenvalue weighted by molar-refractivity contribution is 5.94. The third kappa shape index (κ3) is 4.01. The van der Waals surface area contributed by atoms with Crippen LogP contribution in [0.4, 0.5) is 11.4 Å². The average Bonchev–Trinajstić information content (AvgIpc) is 3.13. The number of hydrogen-bond donors (Lipinski definition) is 1. The van der Waals surface area contributed by atoms with E-state index in [9.17, 15) is 4.79 Å². The van der Waals surface area contributed by atoms with Gasteiger partial charge in [0.2, 0.25) is 5.91 Å². The van der Waals surface area contributed by atoms with Crippen LogP contribution in [0.25, 0.3) is 0 Å². The molecule has 1 saturated heterocycles. The summed E-state index contributed by atoms with van der Waals surface area (Å²) in [6.45, 7) is 5.65. The molecule has 1 amide bonds. The number of nitrogens with one attached hydrogen (secondary N) is 1. The molecule has 1 N–H and O–H groups in total. The van der Waals surface area contributed by atoms with Crippen LogP contribution in [0.1, 0.15) is 30.9 Å². The van der Waals surface area contributed by atoms with E-state index in [-0.39, 0.29) is 5.91 Å². The second-order valence-corrected chi connectivity index (χ2v) is 7.64. The lowest BCUT2D eigenvalue weighted by Crippen LogP contribution is -2.44. The lowest BCUT2D eigenvalue weighted by Gasteiger charge is -2.37. The van der Waals surface area contributed by atoms with Gasteiger partial charge in [0.15, 0.2) is 0 Å². The van der Waals surface area contributed by atoms with Gasteiger partial charge in [0.25, 0.3) is 0 Å². The summed E-state index contributed by atoms with van der Waals surface area (Å²) in [5, 5.41) is 3.48. The molecule has 142 valence electrons. The van der Waals surface area contributed by atoms with E-state index in [0.29, 0.717) is 6.04 Å². The number of nitrogens with zero attached hydrogens (tertiary/aromatic N) is 2. The molecule has 27 heavy (non-hydrogen) atoms. The lowest BCUT2D eigenvalue weighted by atomic mass is 10.0. The Balaban J connectivity index is 1.60. The van der Waals surface area contributed by atoms with Crippen LogP contribution in [0, 0.1) is 0 Å². The van der Waals surface area contributed by atoms with Crippen molar-refractivity contribution in [2.45, 2.75) is 38.6 Å². The SMILES string of the molecule is CC(=O)N1CCc2ccc(N(CCc3ccccc3)C3CCNCC3)cc21. The molecular weight excluding hydrogens is 334 g/mol. The van der Waals surface area contributed by atoms with E-state index in [0.717, 1.165) is 44.7 Å². The second kappa shape index (κ2) is 8.13. The molecule has 0 atom stereocenters. The van der Waals surface area contributed by atoms with Crippen molar-refractivity contribution in [3.05, 3.63) is 59.7 Å². The van der Waals surface area contributed by atoms with E-state index in [1.165, 1.54) is 29.7 Å². The predicted octanol–water partition coefficient (Wildman–Crippen LogP) is 3.40. The van der Waals surface area contributed by atoms with Gasteiger partial charge in [-0.05, 0) is 62.0 Å². The van der Waals surface area contributed by atoms with Gasteiger partial charge < -0.3 is 15.1 Å². The van der Waals surface area contributed by atoms with Crippen LogP contribution < -0.4 is 15.1 Å². The van der Waals surface area contributed by atoms with Crippen molar-refractivity contribution in [3.8, 4) is 0 Å². The summed E-state index contributed by atoms with van der Waals surface area (Å²) in [7, 11) is 0. The Labute approximate surface area is 162 Å². The van der Waals surface area contributed by atoms with Crippen LogP contribution in [-0.4, -0.2) is 38.1 Å². The number of amides is 1. The fourth-order valence-electron chi connectivity index (χ4n) is 4.41. The van der Waals surface area contributed by atoms with Crippen molar-refractivity contribution < 1.29 is 4.79 Å². The molecule has 2 aliphatic heterocycles. The standard InChI is InChI=1S/C23H29N3O/c1-18(27)25-16-12-20-7-8-22(17-23(20)25)26(21-9-13-24-14-10-21)15-11-19-5-3-2-4-6-19/h2-8,17,21,24H,9-16H2,1H3. The minimum atomic E-state index is 0.142. The normalized spacial score (nSPS) is 17.0. The molecule has 0 aromatic heterocycles. The maximum atomic E-state index is 12.0. The van der Waals surface area contributed by atoms with Gasteiger partial charge in [-0.1, -0.05) is 36.4 Å². The maximum absolute atomic E-state index is 12.0. The van der Waals surface area contributed by atoms with Crippen LogP contribution in [-0.2, 0) is 17.6 Å². The van der Waals surface area contributed by atoms with E-state index in [4.69, 9.17) is 0 Å². The van der Waals surface area contributed by atoms with E-state index in [1.807, 2.05) is 4.90 Å². The summed E-state index contributed by atoms with van der Waals surface area (Å²) in [6.07, 6.45) is 4.34. The van der Waals surface area contributed by atoms with Crippen LogP contribution in [0.15, 0.2) is 48.5 Å². The zero-order valence-corrected chi connectivity index (χ0v) is 16.2. The van der Waals surface area contributed by atoms with Gasteiger partial charge in [0, 0.05) is 37.4 Å². The smallest absolute Gasteiger partial charge is 0.223 e. The molecule has 2 aliphatic rings. The number of hydrogen-bond acceptors (Lipinski definition) is 3. The number of benzene rings is 2. The third-order valence-corrected chi connectivity index (χ3v) is 5.91. The van der Waals surface area contributed by atoms with Crippen molar-refractivity contribution in [1.29, 1.82) is 0 Å². The second-order valence-electron chi connectivity index (χ2n) is 7.64. The first kappa shape index (κ1) is 18.1. The molecule has 0 aliphatic carbocycles. The lowest BCUT2D eigenvalue weighted by molar-refractivity contribution is -0.116. The van der Waals surface area contributed by atoms with Gasteiger partial charge in [-0.2, -0.15) is 0 Å². The molecule has 2 aromatic carbocycles. The first-order valence-corrected chi connectivity index (χ1v) is 10.1. The monoisotopic (exact) mass is 363 g/mol. The molecule has 4 nitrogen and oxygen atoms in total. The van der Waals surface area contributed by atoms with E-state index in [2.05, 4.69) is 58.7 Å². The van der Waals surface area contributed by atoms with Gasteiger partial charge in [-0.15, -0.1) is 0 Å². The highest BCUT2D eigenvalue weighted by atomic mass is 16.2. The molecule has 4 rings (SSSR count). The summed E-state index contributed by atoms with van der Waals surface area (Å²) >= 11 is 0. The van der Waals surface area contributed by atoms with E-state index >= 15 is 0 Å². The van der Waals surface area contributed by atoms with Crippen molar-refractivity contribution in [1.82, 2.24) is 5.32 Å². The van der Waals surface area contributed by atoms with Crippen molar-refractivity contribution in [3.63, 3.8) is 0 Å². The Kier molecular flexibility index (Phi) is 5.44. The third-order valence-electron chi connectivity index (χ3n) is 5.91. The van der Waals surface area contributed by atoms with Gasteiger partial charge in [-0.3, -0.25) is 4.79 Å². The minimum Gasteiger partial charge on any atom is -0.368 e. The number of carbonyl (C=O) groups excluding carboxylic acids is 1. The molecule has 2 aromatic rings. The zero-order valence-electron chi connectivity index (χ0n) is 16.2. The number of piperidine rings is 1. The van der Waals surface area contributed by atoms with Gasteiger partial charge in [0.05, 0.1) is 0 Å².